The highest BCUT2D eigenvalue weighted by molar-refractivity contribution is 5.97. The molecule has 0 bridgehead atoms. The van der Waals surface area contributed by atoms with Gasteiger partial charge in [-0.25, -0.2) is 0 Å². The average molecular weight is 217 g/mol. The summed E-state index contributed by atoms with van der Waals surface area (Å²) in [5.74, 6) is 0.643. The lowest BCUT2D eigenvalue weighted by Crippen LogP contribution is -2.25. The van der Waals surface area contributed by atoms with Crippen LogP contribution in [-0.4, -0.2) is 36.9 Å². The van der Waals surface area contributed by atoms with Gasteiger partial charge in [0.1, 0.15) is 5.84 Å². The second-order valence-electron chi connectivity index (χ2n) is 4.34. The number of amidine groups is 1. The van der Waals surface area contributed by atoms with E-state index in [1.807, 2.05) is 30.3 Å². The molecule has 0 amide bonds. The number of aliphatic imine (C=N–C) groups is 1. The molecule has 0 aromatic heterocycles. The Kier molecular flexibility index (Phi) is 3.57. The van der Waals surface area contributed by atoms with E-state index in [0.29, 0.717) is 5.84 Å². The van der Waals surface area contributed by atoms with E-state index in [0.717, 1.165) is 24.7 Å². The van der Waals surface area contributed by atoms with Gasteiger partial charge in [-0.05, 0) is 19.9 Å². The van der Waals surface area contributed by atoms with Crippen molar-refractivity contribution in [2.24, 2.45) is 10.7 Å². The normalized spacial score (nSPS) is 16.8. The van der Waals surface area contributed by atoms with E-state index in [2.05, 4.69) is 16.9 Å². The van der Waals surface area contributed by atoms with E-state index in [-0.39, 0.29) is 0 Å². The van der Waals surface area contributed by atoms with Gasteiger partial charge in [0.15, 0.2) is 0 Å². The summed E-state index contributed by atoms with van der Waals surface area (Å²) in [6.45, 7) is 1.78. The van der Waals surface area contributed by atoms with Crippen LogP contribution in [-0.2, 0) is 0 Å². The van der Waals surface area contributed by atoms with Crippen LogP contribution >= 0.6 is 0 Å². The van der Waals surface area contributed by atoms with Crippen LogP contribution in [0.4, 0.5) is 0 Å². The number of likely N-dealkylation sites (N-methyl/N-ethyl adjacent to an activating group) is 1. The summed E-state index contributed by atoms with van der Waals surface area (Å²) in [4.78, 5) is 6.76. The zero-order chi connectivity index (χ0) is 11.4. The van der Waals surface area contributed by atoms with E-state index >= 15 is 0 Å². The summed E-state index contributed by atoms with van der Waals surface area (Å²) in [6, 6.07) is 10.7. The van der Waals surface area contributed by atoms with Crippen LogP contribution in [0.5, 0.6) is 0 Å². The summed E-state index contributed by atoms with van der Waals surface area (Å²) in [6.07, 6.45) is 2.68. The quantitative estimate of drug-likeness (QED) is 0.599. The Labute approximate surface area is 97.0 Å². The molecule has 3 nitrogen and oxygen atoms in total. The molecular formula is C13H19N3. The van der Waals surface area contributed by atoms with Crippen molar-refractivity contribution < 1.29 is 0 Å². The number of rotatable bonds is 5. The number of benzene rings is 1. The van der Waals surface area contributed by atoms with Gasteiger partial charge in [0, 0.05) is 18.2 Å². The Morgan fingerprint density at radius 2 is 2.06 bits per heavy atom. The highest BCUT2D eigenvalue weighted by atomic mass is 15.2. The third kappa shape index (κ3) is 3.07. The van der Waals surface area contributed by atoms with Crippen LogP contribution < -0.4 is 5.73 Å². The zero-order valence-corrected chi connectivity index (χ0v) is 9.76. The van der Waals surface area contributed by atoms with Crippen molar-refractivity contribution in [2.45, 2.75) is 18.9 Å². The van der Waals surface area contributed by atoms with Gasteiger partial charge in [0.25, 0.3) is 0 Å². The van der Waals surface area contributed by atoms with Gasteiger partial charge < -0.3 is 10.6 Å². The SMILES string of the molecule is CN(CCN=C(N)c1ccccc1)C1CC1. The van der Waals surface area contributed by atoms with E-state index in [1.165, 1.54) is 12.8 Å². The van der Waals surface area contributed by atoms with Crippen molar-refractivity contribution in [3.05, 3.63) is 35.9 Å². The van der Waals surface area contributed by atoms with Gasteiger partial charge in [-0.2, -0.15) is 0 Å². The van der Waals surface area contributed by atoms with E-state index < -0.39 is 0 Å². The third-order valence-electron chi connectivity index (χ3n) is 2.97. The monoisotopic (exact) mass is 217 g/mol. The molecule has 1 aromatic rings. The van der Waals surface area contributed by atoms with Crippen LogP contribution in [0, 0.1) is 0 Å². The lowest BCUT2D eigenvalue weighted by molar-refractivity contribution is 0.334. The molecule has 1 aliphatic carbocycles. The Hall–Kier alpha value is -1.35. The van der Waals surface area contributed by atoms with Crippen LogP contribution in [0.25, 0.3) is 0 Å². The second-order valence-corrected chi connectivity index (χ2v) is 4.34. The minimum Gasteiger partial charge on any atom is -0.384 e. The Morgan fingerprint density at radius 1 is 1.38 bits per heavy atom. The molecule has 16 heavy (non-hydrogen) atoms. The van der Waals surface area contributed by atoms with Gasteiger partial charge in [-0.1, -0.05) is 30.3 Å². The molecular weight excluding hydrogens is 198 g/mol. The Balaban J connectivity index is 1.82. The molecule has 0 atom stereocenters. The van der Waals surface area contributed by atoms with Crippen molar-refractivity contribution in [1.29, 1.82) is 0 Å². The first-order valence-electron chi connectivity index (χ1n) is 5.83. The number of nitrogens with two attached hydrogens (primary N) is 1. The van der Waals surface area contributed by atoms with E-state index in [9.17, 15) is 0 Å². The average Bonchev–Trinajstić information content (AvgIpc) is 3.14. The van der Waals surface area contributed by atoms with E-state index in [4.69, 9.17) is 5.73 Å². The first kappa shape index (κ1) is 11.1. The van der Waals surface area contributed by atoms with Crippen LogP contribution in [0.3, 0.4) is 0 Å². The Morgan fingerprint density at radius 3 is 2.69 bits per heavy atom. The number of hydrogen-bond donors (Lipinski definition) is 1. The topological polar surface area (TPSA) is 41.6 Å². The van der Waals surface area contributed by atoms with Crippen molar-refractivity contribution in [1.82, 2.24) is 4.90 Å². The van der Waals surface area contributed by atoms with Crippen molar-refractivity contribution in [3.8, 4) is 0 Å². The predicted octanol–water partition coefficient (Wildman–Crippen LogP) is 1.49. The van der Waals surface area contributed by atoms with Crippen LogP contribution in [0.2, 0.25) is 0 Å². The first-order chi connectivity index (χ1) is 7.77. The van der Waals surface area contributed by atoms with Crippen molar-refractivity contribution in [2.75, 3.05) is 20.1 Å². The summed E-state index contributed by atoms with van der Waals surface area (Å²) < 4.78 is 0. The zero-order valence-electron chi connectivity index (χ0n) is 9.76. The summed E-state index contributed by atoms with van der Waals surface area (Å²) in [7, 11) is 2.16. The highest BCUT2D eigenvalue weighted by Gasteiger charge is 2.25. The lowest BCUT2D eigenvalue weighted by atomic mass is 10.2. The molecule has 2 rings (SSSR count). The molecule has 1 saturated carbocycles. The molecule has 0 unspecified atom stereocenters. The van der Waals surface area contributed by atoms with Crippen LogP contribution in [0.1, 0.15) is 18.4 Å². The molecule has 1 aromatic carbocycles. The van der Waals surface area contributed by atoms with Gasteiger partial charge in [0.05, 0.1) is 6.54 Å². The molecule has 0 spiro atoms. The van der Waals surface area contributed by atoms with Gasteiger partial charge in [-0.3, -0.25) is 4.99 Å². The van der Waals surface area contributed by atoms with Crippen molar-refractivity contribution >= 4 is 5.84 Å². The molecule has 86 valence electrons. The van der Waals surface area contributed by atoms with E-state index in [1.54, 1.807) is 0 Å². The standard InChI is InChI=1S/C13H19N3/c1-16(12-7-8-12)10-9-15-13(14)11-5-3-2-4-6-11/h2-6,12H,7-10H2,1H3,(H2,14,15). The maximum absolute atomic E-state index is 5.90. The largest absolute Gasteiger partial charge is 0.384 e. The smallest absolute Gasteiger partial charge is 0.125 e. The van der Waals surface area contributed by atoms with Crippen LogP contribution in [0.15, 0.2) is 35.3 Å². The molecule has 0 saturated heterocycles. The first-order valence-corrected chi connectivity index (χ1v) is 5.83. The number of nitrogens with zero attached hydrogens (tertiary/aromatic N) is 2. The van der Waals surface area contributed by atoms with Gasteiger partial charge in [-0.15, -0.1) is 0 Å². The predicted molar refractivity (Wildman–Crippen MR) is 67.7 cm³/mol. The summed E-state index contributed by atoms with van der Waals surface area (Å²) >= 11 is 0. The highest BCUT2D eigenvalue weighted by Crippen LogP contribution is 2.24. The van der Waals surface area contributed by atoms with Crippen molar-refractivity contribution in [3.63, 3.8) is 0 Å². The number of hydrogen-bond acceptors (Lipinski definition) is 2. The fraction of sp³-hybridized carbons (Fsp3) is 0.462. The maximum atomic E-state index is 5.90. The lowest BCUT2D eigenvalue weighted by Gasteiger charge is -2.13. The second kappa shape index (κ2) is 5.12. The molecule has 0 aliphatic heterocycles. The molecule has 1 aliphatic rings. The summed E-state index contributed by atoms with van der Waals surface area (Å²) in [5.41, 5.74) is 6.92. The Bertz CT molecular complexity index is 355. The third-order valence-corrected chi connectivity index (χ3v) is 2.97. The molecule has 0 heterocycles. The molecule has 2 N–H and O–H groups in total. The minimum atomic E-state index is 0.643. The molecule has 1 fully saturated rings. The summed E-state index contributed by atoms with van der Waals surface area (Å²) in [5, 5.41) is 0. The van der Waals surface area contributed by atoms with Gasteiger partial charge >= 0.3 is 0 Å². The molecule has 0 radical (unpaired) electrons. The fourth-order valence-corrected chi connectivity index (χ4v) is 1.73. The molecule has 3 heteroatoms. The minimum absolute atomic E-state index is 0.643. The maximum Gasteiger partial charge on any atom is 0.125 e. The fourth-order valence-electron chi connectivity index (χ4n) is 1.73. The van der Waals surface area contributed by atoms with Gasteiger partial charge in [0.2, 0.25) is 0 Å².